The summed E-state index contributed by atoms with van der Waals surface area (Å²) in [4.78, 5) is 45.9. The van der Waals surface area contributed by atoms with E-state index in [4.69, 9.17) is 9.47 Å². The van der Waals surface area contributed by atoms with Crippen LogP contribution in [-0.4, -0.2) is 66.5 Å². The number of likely N-dealkylation sites (tertiary alicyclic amines) is 2. The van der Waals surface area contributed by atoms with Gasteiger partial charge in [-0.1, -0.05) is 83.2 Å². The van der Waals surface area contributed by atoms with Gasteiger partial charge in [0.05, 0.1) is 19.3 Å². The Morgan fingerprint density at radius 3 is 2.32 bits per heavy atom. The molecule has 0 bridgehead atoms. The van der Waals surface area contributed by atoms with Crippen LogP contribution in [-0.2, 0) is 23.9 Å². The van der Waals surface area contributed by atoms with Gasteiger partial charge in [0, 0.05) is 37.7 Å². The number of benzene rings is 1. The second-order valence-corrected chi connectivity index (χ2v) is 14.0. The van der Waals surface area contributed by atoms with Gasteiger partial charge < -0.3 is 19.3 Å². The van der Waals surface area contributed by atoms with Gasteiger partial charge in [-0.3, -0.25) is 14.4 Å². The number of hydrogen-bond acceptors (Lipinski definition) is 5. The third-order valence-corrected chi connectivity index (χ3v) is 10.6. The lowest BCUT2D eigenvalue weighted by molar-refractivity contribution is -0.182. The average molecular weight is 607 g/mol. The van der Waals surface area contributed by atoms with Crippen molar-refractivity contribution in [2.24, 2.45) is 23.2 Å². The summed E-state index contributed by atoms with van der Waals surface area (Å²) in [5.41, 5.74) is 1.04. The van der Waals surface area contributed by atoms with Gasteiger partial charge in [0.15, 0.2) is 0 Å². The number of carbonyl (C=O) groups excluding carboxylic acids is 3. The molecule has 1 aromatic carbocycles. The van der Waals surface area contributed by atoms with Crippen molar-refractivity contribution < 1.29 is 23.9 Å². The largest absolute Gasteiger partial charge is 0.468 e. The zero-order valence-electron chi connectivity index (χ0n) is 27.5. The van der Waals surface area contributed by atoms with E-state index in [-0.39, 0.29) is 54.7 Å². The van der Waals surface area contributed by atoms with Crippen molar-refractivity contribution in [2.75, 3.05) is 26.7 Å². The first-order valence-electron chi connectivity index (χ1n) is 17.4. The number of ether oxygens (including phenoxy) is 2. The van der Waals surface area contributed by atoms with Crippen molar-refractivity contribution in [3.63, 3.8) is 0 Å². The van der Waals surface area contributed by atoms with E-state index in [2.05, 4.69) is 45.0 Å². The highest BCUT2D eigenvalue weighted by Crippen LogP contribution is 2.56. The maximum Gasteiger partial charge on any atom is 0.320 e. The fourth-order valence-electron chi connectivity index (χ4n) is 7.86. The second-order valence-electron chi connectivity index (χ2n) is 14.0. The normalized spacial score (nSPS) is 27.7. The van der Waals surface area contributed by atoms with Gasteiger partial charge in [0.2, 0.25) is 11.8 Å². The molecule has 2 saturated heterocycles. The number of methoxy groups -OCH3 is 1. The lowest BCUT2D eigenvalue weighted by atomic mass is 9.64. The van der Waals surface area contributed by atoms with Crippen LogP contribution in [0, 0.1) is 23.2 Å². The van der Waals surface area contributed by atoms with Crippen LogP contribution in [0.1, 0.15) is 109 Å². The molecule has 2 amide bonds. The van der Waals surface area contributed by atoms with Crippen molar-refractivity contribution in [2.45, 2.75) is 116 Å². The summed E-state index contributed by atoms with van der Waals surface area (Å²) in [6.45, 7) is 8.41. The van der Waals surface area contributed by atoms with Gasteiger partial charge >= 0.3 is 5.97 Å². The maximum absolute atomic E-state index is 14.3. The number of rotatable bonds is 13. The SMILES string of the molecule is CCCCCCCCN1C(=O)[C@@H](CC(=O)N2CCC(c3ccccc3)CC2)C[C@@]2(C(=O)OC)C1=C[C@H](C(C)C)O[C@@H]2C1CC1. The smallest absolute Gasteiger partial charge is 0.320 e. The molecule has 44 heavy (non-hydrogen) atoms. The van der Waals surface area contributed by atoms with Crippen LogP contribution in [0.15, 0.2) is 42.1 Å². The molecule has 7 heteroatoms. The van der Waals surface area contributed by atoms with Gasteiger partial charge in [-0.15, -0.1) is 0 Å². The van der Waals surface area contributed by atoms with E-state index < -0.39 is 11.3 Å². The molecule has 0 unspecified atom stereocenters. The molecule has 1 aromatic rings. The Balaban J connectivity index is 1.38. The quantitative estimate of drug-likeness (QED) is 0.181. The summed E-state index contributed by atoms with van der Waals surface area (Å²) in [6, 6.07) is 10.5. The first kappa shape index (κ1) is 32.7. The molecule has 3 fully saturated rings. The molecule has 3 heterocycles. The monoisotopic (exact) mass is 606 g/mol. The van der Waals surface area contributed by atoms with Gasteiger partial charge in [0.1, 0.15) is 5.41 Å². The number of hydrogen-bond donors (Lipinski definition) is 0. The zero-order valence-corrected chi connectivity index (χ0v) is 27.5. The van der Waals surface area contributed by atoms with E-state index in [9.17, 15) is 14.4 Å². The molecule has 242 valence electrons. The maximum atomic E-state index is 14.3. The Labute approximate surface area is 264 Å². The number of carbonyl (C=O) groups is 3. The molecule has 4 aliphatic rings. The summed E-state index contributed by atoms with van der Waals surface area (Å²) in [5, 5.41) is 0. The third-order valence-electron chi connectivity index (χ3n) is 10.6. The van der Waals surface area contributed by atoms with Crippen LogP contribution in [0.25, 0.3) is 0 Å². The minimum atomic E-state index is -1.07. The fraction of sp³-hybridized carbons (Fsp3) is 0.703. The first-order chi connectivity index (χ1) is 21.3. The van der Waals surface area contributed by atoms with Crippen molar-refractivity contribution in [1.82, 2.24) is 9.80 Å². The predicted molar refractivity (Wildman–Crippen MR) is 172 cm³/mol. The number of amides is 2. The third kappa shape index (κ3) is 6.93. The Kier molecular flexibility index (Phi) is 10.9. The molecular weight excluding hydrogens is 552 g/mol. The van der Waals surface area contributed by atoms with E-state index in [0.29, 0.717) is 25.6 Å². The summed E-state index contributed by atoms with van der Waals surface area (Å²) in [7, 11) is 1.44. The topological polar surface area (TPSA) is 76.2 Å². The molecule has 3 aliphatic heterocycles. The summed E-state index contributed by atoms with van der Waals surface area (Å²) < 4.78 is 12.3. The standard InChI is InChI=1S/C37H54N2O5/c1-5-6-7-8-9-13-20-39-32-24-31(26(2)3)44-34(29-16-17-29)37(32,36(42)43-4)25-30(35(39)41)23-33(40)38-21-18-28(19-22-38)27-14-11-10-12-15-27/h10-12,14-15,24,26,28-31,34H,5-9,13,16-23,25H2,1-4H3/t30-,31+,34+,37+/m0/s1. The number of piperidine rings is 2. The van der Waals surface area contributed by atoms with E-state index in [1.807, 2.05) is 21.9 Å². The highest BCUT2D eigenvalue weighted by Gasteiger charge is 2.63. The summed E-state index contributed by atoms with van der Waals surface area (Å²) in [6.07, 6.45) is 12.5. The van der Waals surface area contributed by atoms with Crippen molar-refractivity contribution >= 4 is 17.8 Å². The molecule has 4 atom stereocenters. The van der Waals surface area contributed by atoms with Gasteiger partial charge in [0.25, 0.3) is 0 Å². The van der Waals surface area contributed by atoms with Crippen molar-refractivity contribution in [3.05, 3.63) is 47.7 Å². The number of esters is 1. The number of fused-ring (bicyclic) bond motifs is 1. The summed E-state index contributed by atoms with van der Waals surface area (Å²) >= 11 is 0. The van der Waals surface area contributed by atoms with Crippen LogP contribution in [0.5, 0.6) is 0 Å². The molecule has 1 aliphatic carbocycles. The van der Waals surface area contributed by atoms with Crippen molar-refractivity contribution in [3.8, 4) is 0 Å². The van der Waals surface area contributed by atoms with Gasteiger partial charge in [-0.2, -0.15) is 0 Å². The predicted octanol–water partition coefficient (Wildman–Crippen LogP) is 6.87. The van der Waals surface area contributed by atoms with Crippen LogP contribution in [0.4, 0.5) is 0 Å². The van der Waals surface area contributed by atoms with E-state index in [1.165, 1.54) is 31.9 Å². The van der Waals surface area contributed by atoms with Gasteiger partial charge in [-0.25, -0.2) is 0 Å². The number of nitrogens with zero attached hydrogens (tertiary/aromatic N) is 2. The molecule has 0 N–H and O–H groups in total. The summed E-state index contributed by atoms with van der Waals surface area (Å²) in [5.74, 6) is 0.0141. The van der Waals surface area contributed by atoms with Crippen LogP contribution in [0.3, 0.4) is 0 Å². The fourth-order valence-corrected chi connectivity index (χ4v) is 7.86. The van der Waals surface area contributed by atoms with Crippen molar-refractivity contribution in [1.29, 1.82) is 0 Å². The minimum absolute atomic E-state index is 0.0154. The Morgan fingerprint density at radius 1 is 1.00 bits per heavy atom. The van der Waals surface area contributed by atoms with E-state index >= 15 is 0 Å². The molecular formula is C37H54N2O5. The van der Waals surface area contributed by atoms with Crippen LogP contribution in [0.2, 0.25) is 0 Å². The second kappa shape index (κ2) is 14.6. The first-order valence-corrected chi connectivity index (χ1v) is 17.4. The molecule has 0 radical (unpaired) electrons. The Hall–Kier alpha value is -2.67. The average Bonchev–Trinajstić information content (AvgIpc) is 3.89. The Morgan fingerprint density at radius 2 is 1.68 bits per heavy atom. The Bertz CT molecular complexity index is 1170. The lowest BCUT2D eigenvalue weighted by Gasteiger charge is -2.53. The molecule has 7 nitrogen and oxygen atoms in total. The molecule has 5 rings (SSSR count). The molecule has 1 saturated carbocycles. The molecule has 0 aromatic heterocycles. The zero-order chi connectivity index (χ0) is 31.3. The number of unbranched alkanes of at least 4 members (excludes halogenated alkanes) is 5. The lowest BCUT2D eigenvalue weighted by Crippen LogP contribution is -2.62. The highest BCUT2D eigenvalue weighted by atomic mass is 16.5. The van der Waals surface area contributed by atoms with Crippen LogP contribution >= 0.6 is 0 Å². The van der Waals surface area contributed by atoms with Gasteiger partial charge in [-0.05, 0) is 67.9 Å². The highest BCUT2D eigenvalue weighted by molar-refractivity contribution is 5.93. The van der Waals surface area contributed by atoms with E-state index in [1.54, 1.807) is 0 Å². The van der Waals surface area contributed by atoms with E-state index in [0.717, 1.165) is 50.6 Å². The molecule has 0 spiro atoms. The van der Waals surface area contributed by atoms with Crippen LogP contribution < -0.4 is 0 Å². The minimum Gasteiger partial charge on any atom is -0.468 e.